The largest absolute Gasteiger partial charge is 0.355 e. The molecule has 0 bridgehead atoms. The minimum absolute atomic E-state index is 0.281. The first-order valence-electron chi connectivity index (χ1n) is 34.0. The Kier molecular flexibility index (Phi) is 21.5. The zero-order chi connectivity index (χ0) is 70.6. The van der Waals surface area contributed by atoms with Gasteiger partial charge in [0.15, 0.2) is 0 Å². The molecule has 0 aliphatic heterocycles. The fourth-order valence-electron chi connectivity index (χ4n) is 14.5. The highest BCUT2D eigenvalue weighted by Crippen LogP contribution is 2.39. The van der Waals surface area contributed by atoms with Gasteiger partial charge in [0, 0.05) is 114 Å². The monoisotopic (exact) mass is 1600 g/mol. The molecule has 2 atom stereocenters. The molecule has 14 heteroatoms. The number of benzene rings is 13. The summed E-state index contributed by atoms with van der Waals surface area (Å²) in [5, 5.41) is 13.7. The topological polar surface area (TPSA) is 87.5 Å². The van der Waals surface area contributed by atoms with Gasteiger partial charge in [0.2, 0.25) is 0 Å². The highest BCUT2D eigenvalue weighted by atomic mass is 79.9. The summed E-state index contributed by atoms with van der Waals surface area (Å²) in [5.74, 6) is 0. The molecule has 5 heterocycles. The third kappa shape index (κ3) is 15.1. The Morgan fingerprint density at radius 3 is 0.804 bits per heavy atom. The molecule has 1 saturated carbocycles. The molecule has 5 N–H and O–H groups in total. The average Bonchev–Trinajstić information content (AvgIpc) is 1.59. The van der Waals surface area contributed by atoms with Crippen LogP contribution in [-0.2, 0) is 5.33 Å². The van der Waals surface area contributed by atoms with Crippen molar-refractivity contribution in [2.45, 2.75) is 60.2 Å². The van der Waals surface area contributed by atoms with Crippen molar-refractivity contribution < 1.29 is 0 Å². The highest BCUT2D eigenvalue weighted by molar-refractivity contribution is 9.11. The number of fused-ring (bicyclic) bond motifs is 15. The van der Waals surface area contributed by atoms with E-state index in [1.165, 1.54) is 161 Å². The number of nitrogens with one attached hydrogen (secondary N) is 1. The number of halogens is 7. The van der Waals surface area contributed by atoms with E-state index in [0.29, 0.717) is 0 Å². The number of para-hydroxylation sites is 10. The zero-order valence-corrected chi connectivity index (χ0v) is 63.9. The molecular weight excluding hydrogens is 1540 g/mol. The smallest absolute Gasteiger partial charge is 0.266 e. The summed E-state index contributed by atoms with van der Waals surface area (Å²) in [4.78, 5) is 3.38. The summed E-state index contributed by atoms with van der Waals surface area (Å²) in [6.45, 7) is 4.25. The molecular formula is C88H72Br3Cl4N7. The number of alkyl halides is 5. The van der Waals surface area contributed by atoms with Gasteiger partial charge in [-0.05, 0) is 159 Å². The van der Waals surface area contributed by atoms with E-state index in [9.17, 15) is 0 Å². The van der Waals surface area contributed by atoms with Crippen molar-refractivity contribution in [3.05, 3.63) is 323 Å². The van der Waals surface area contributed by atoms with Gasteiger partial charge in [0.1, 0.15) is 0 Å². The molecule has 1 aliphatic carbocycles. The molecule has 1 fully saturated rings. The third-order valence-corrected chi connectivity index (χ3v) is 20.4. The number of aromatic nitrogens is 5. The molecule has 0 radical (unpaired) electrons. The maximum Gasteiger partial charge on any atom is 0.266 e. The minimum atomic E-state index is -1.61. The van der Waals surface area contributed by atoms with Crippen LogP contribution in [0, 0.1) is 13.8 Å². The van der Waals surface area contributed by atoms with Gasteiger partial charge >= 0.3 is 0 Å². The first kappa shape index (κ1) is 70.4. The summed E-state index contributed by atoms with van der Waals surface area (Å²) in [6, 6.07) is 107. The fourth-order valence-corrected chi connectivity index (χ4v) is 16.3. The van der Waals surface area contributed by atoms with Crippen LogP contribution in [0.5, 0.6) is 0 Å². The van der Waals surface area contributed by atoms with E-state index in [0.717, 1.165) is 27.1 Å². The lowest BCUT2D eigenvalue weighted by Gasteiger charge is -2.24. The van der Waals surface area contributed by atoms with Gasteiger partial charge in [-0.1, -0.05) is 289 Å². The van der Waals surface area contributed by atoms with E-state index >= 15 is 0 Å². The number of nitrogens with two attached hydrogens (primary N) is 2. The lowest BCUT2D eigenvalue weighted by atomic mass is 9.92. The quantitative estimate of drug-likeness (QED) is 0.150. The molecule has 0 spiro atoms. The molecule has 0 amide bonds. The van der Waals surface area contributed by atoms with Crippen molar-refractivity contribution >= 4 is 203 Å². The Morgan fingerprint density at radius 2 is 0.559 bits per heavy atom. The number of aromatic amines is 1. The van der Waals surface area contributed by atoms with Crippen LogP contribution >= 0.6 is 94.2 Å². The van der Waals surface area contributed by atoms with Crippen molar-refractivity contribution in [2.75, 3.05) is 0 Å². The van der Waals surface area contributed by atoms with Crippen LogP contribution in [0.25, 0.3) is 132 Å². The number of hydrogen-bond acceptors (Lipinski definition) is 2. The molecule has 0 saturated heterocycles. The standard InChI is InChI=1S/C31H21BrN2.C31H22N2.C12H9N.C7H6Br2.C6H14N2.CCl4/c32-20-21-17-22(33-28-13-5-1-9-24(28)25-10-2-6-14-29(25)33)19-23(18-21)34-30-15-7-3-11-26(30)27-12-4-8-16-31(27)34;1-21-18-22(32-28-14-6-2-10-24(28)25-11-3-7-15-29(25)32)20-23(19-21)33-30-16-8-4-12-26(30)27-13-5-9-17-31(27)33;1-3-7-11-9(5-1)10-6-2-4-8-12(10)13-11;1-5-2-6(8)4-7(9)3-5;7-5-3-1-2-4-6(5)8;2-1(3,4)5/h1-19H,20H2;2-20H,1H3;1-8,13H;2-4H,1H3;5-6H,1-4,7-8H2;/t;;;;5-,6?;/m....0./s1. The van der Waals surface area contributed by atoms with Crippen molar-refractivity contribution in [3.8, 4) is 22.7 Å². The van der Waals surface area contributed by atoms with Crippen molar-refractivity contribution in [3.63, 3.8) is 0 Å². The van der Waals surface area contributed by atoms with E-state index in [4.69, 9.17) is 57.9 Å². The predicted octanol–water partition coefficient (Wildman–Crippen LogP) is 26.6. The predicted molar refractivity (Wildman–Crippen MR) is 451 cm³/mol. The fraction of sp³-hybridized carbons (Fsp3) is 0.114. The Bertz CT molecular complexity index is 5450. The Hall–Kier alpha value is -8.62. The van der Waals surface area contributed by atoms with E-state index in [1.54, 1.807) is 0 Å². The maximum absolute atomic E-state index is 5.65. The molecule has 13 aromatic carbocycles. The van der Waals surface area contributed by atoms with Gasteiger partial charge < -0.3 is 34.7 Å². The van der Waals surface area contributed by atoms with Crippen molar-refractivity contribution in [1.29, 1.82) is 0 Å². The van der Waals surface area contributed by atoms with Gasteiger partial charge in [-0.15, -0.1) is 0 Å². The SMILES string of the molecule is BrCc1cc(-n2c3ccccc3c3ccccc32)cc(-n2c3ccccc3c3ccccc32)c1.Cc1cc(-n2c3ccccc3c3ccccc32)cc(-n2c3ccccc3c3ccccc32)c1.Cc1cc(Br)cc(Br)c1.ClC(Cl)(Cl)Cl.NC1CCCC[C@@H]1N.c1ccc2c(c1)[nH]c1ccccc12. The van der Waals surface area contributed by atoms with Crippen molar-refractivity contribution in [1.82, 2.24) is 23.3 Å². The lowest BCUT2D eigenvalue weighted by Crippen LogP contribution is -2.43. The summed E-state index contributed by atoms with van der Waals surface area (Å²) >= 11 is 29.8. The molecule has 5 aromatic heterocycles. The van der Waals surface area contributed by atoms with Gasteiger partial charge in [-0.3, -0.25) is 0 Å². The van der Waals surface area contributed by atoms with Crippen LogP contribution < -0.4 is 11.5 Å². The van der Waals surface area contributed by atoms with Crippen molar-refractivity contribution in [2.24, 2.45) is 11.5 Å². The Labute approximate surface area is 638 Å². The van der Waals surface area contributed by atoms with Crippen LogP contribution in [0.3, 0.4) is 0 Å². The van der Waals surface area contributed by atoms with Crippen LogP contribution in [0.2, 0.25) is 0 Å². The maximum atomic E-state index is 5.65. The zero-order valence-electron chi connectivity index (χ0n) is 56.1. The Morgan fingerprint density at radius 1 is 0.333 bits per heavy atom. The molecule has 1 unspecified atom stereocenters. The average molecular weight is 1610 g/mol. The van der Waals surface area contributed by atoms with Gasteiger partial charge in [0.25, 0.3) is 3.25 Å². The summed E-state index contributed by atoms with van der Waals surface area (Å²) in [7, 11) is 0. The van der Waals surface area contributed by atoms with Crippen LogP contribution in [0.1, 0.15) is 42.4 Å². The second-order valence-corrected chi connectivity index (χ2v) is 31.5. The number of aryl methyl sites for hydroxylation is 2. The molecule has 18 aromatic rings. The summed E-state index contributed by atoms with van der Waals surface area (Å²) in [5.41, 5.74) is 32.0. The third-order valence-electron chi connectivity index (χ3n) is 18.8. The van der Waals surface area contributed by atoms with Gasteiger partial charge in [0.05, 0.1) is 44.1 Å². The first-order chi connectivity index (χ1) is 49.6. The second kappa shape index (κ2) is 31.1. The summed E-state index contributed by atoms with van der Waals surface area (Å²) in [6.07, 6.45) is 4.80. The van der Waals surface area contributed by atoms with E-state index in [2.05, 4.69) is 376 Å². The number of hydrogen-bond donors (Lipinski definition) is 3. The van der Waals surface area contributed by atoms with Crippen LogP contribution in [0.4, 0.5) is 0 Å². The van der Waals surface area contributed by atoms with E-state index < -0.39 is 3.25 Å². The lowest BCUT2D eigenvalue weighted by molar-refractivity contribution is 0.385. The van der Waals surface area contributed by atoms with Gasteiger partial charge in [-0.25, -0.2) is 0 Å². The molecule has 508 valence electrons. The first-order valence-corrected chi connectivity index (χ1v) is 38.2. The highest BCUT2D eigenvalue weighted by Gasteiger charge is 2.20. The number of nitrogens with zero attached hydrogens (tertiary/aromatic N) is 4. The second-order valence-electron chi connectivity index (χ2n) is 25.7. The number of rotatable bonds is 5. The summed E-state index contributed by atoms with van der Waals surface area (Å²) < 4.78 is 10.2. The van der Waals surface area contributed by atoms with Gasteiger partial charge in [-0.2, -0.15) is 0 Å². The number of H-pyrrole nitrogens is 1. The molecule has 102 heavy (non-hydrogen) atoms. The van der Waals surface area contributed by atoms with E-state index in [1.807, 2.05) is 6.07 Å². The van der Waals surface area contributed by atoms with Crippen LogP contribution in [-0.4, -0.2) is 38.6 Å². The normalized spacial score (nSPS) is 13.7. The van der Waals surface area contributed by atoms with Crippen LogP contribution in [0.15, 0.2) is 306 Å². The minimum Gasteiger partial charge on any atom is -0.355 e. The molecule has 7 nitrogen and oxygen atoms in total. The van der Waals surface area contributed by atoms with E-state index in [-0.39, 0.29) is 12.1 Å². The molecule has 1 aliphatic rings. The molecule has 19 rings (SSSR count). The Balaban J connectivity index is 0.000000118.